The summed E-state index contributed by atoms with van der Waals surface area (Å²) in [5.41, 5.74) is 9.17. The summed E-state index contributed by atoms with van der Waals surface area (Å²) >= 11 is 3.71. The summed E-state index contributed by atoms with van der Waals surface area (Å²) in [4.78, 5) is 4.83. The molecule has 0 atom stereocenters. The summed E-state index contributed by atoms with van der Waals surface area (Å²) in [7, 11) is 0. The van der Waals surface area contributed by atoms with Crippen LogP contribution in [0.4, 0.5) is 34.1 Å². The Balaban J connectivity index is 0.947. The van der Waals surface area contributed by atoms with Crippen LogP contribution in [-0.4, -0.2) is 0 Å². The van der Waals surface area contributed by atoms with Crippen LogP contribution in [0.1, 0.15) is 0 Å². The topological polar surface area (TPSA) is 6.48 Å². The van der Waals surface area contributed by atoms with Gasteiger partial charge in [-0.05, 0) is 107 Å². The van der Waals surface area contributed by atoms with Crippen molar-refractivity contribution in [3.05, 3.63) is 218 Å². The maximum absolute atomic E-state index is 2.41. The third-order valence-corrected chi connectivity index (χ3v) is 14.1. The number of hydrogen-bond acceptors (Lipinski definition) is 4. The van der Waals surface area contributed by atoms with Crippen molar-refractivity contribution in [2.75, 3.05) is 9.80 Å². The van der Waals surface area contributed by atoms with E-state index in [0.29, 0.717) is 0 Å². The minimum absolute atomic E-state index is 1.11. The molecule has 0 aliphatic carbocycles. The van der Waals surface area contributed by atoms with E-state index in [9.17, 15) is 0 Å². The minimum atomic E-state index is 1.11. The Morgan fingerprint density at radius 2 is 0.600 bits per heavy atom. The highest BCUT2D eigenvalue weighted by Crippen LogP contribution is 2.45. The summed E-state index contributed by atoms with van der Waals surface area (Å²) in [5.74, 6) is 0. The summed E-state index contributed by atoms with van der Waals surface area (Å²) in [6.45, 7) is 0. The summed E-state index contributed by atoms with van der Waals surface area (Å²) < 4.78 is 5.23. The van der Waals surface area contributed by atoms with Gasteiger partial charge in [-0.25, -0.2) is 0 Å². The predicted octanol–water partition coefficient (Wildman–Crippen LogP) is 17.3. The van der Waals surface area contributed by atoms with E-state index in [1.54, 1.807) is 0 Å². The summed E-state index contributed by atoms with van der Waals surface area (Å²) in [6, 6.07) is 80.0. The van der Waals surface area contributed by atoms with Gasteiger partial charge >= 0.3 is 0 Å². The fraction of sp³-hybridized carbons (Fsp3) is 0. The van der Waals surface area contributed by atoms with Crippen LogP contribution < -0.4 is 9.80 Å². The molecule has 12 rings (SSSR count). The van der Waals surface area contributed by atoms with Crippen LogP contribution in [0.25, 0.3) is 73.0 Å². The third-order valence-electron chi connectivity index (χ3n) is 11.8. The smallest absolute Gasteiger partial charge is 0.0540 e. The highest BCUT2D eigenvalue weighted by molar-refractivity contribution is 7.26. The van der Waals surface area contributed by atoms with Gasteiger partial charge in [0, 0.05) is 73.9 Å². The zero-order valence-corrected chi connectivity index (χ0v) is 34.1. The molecule has 4 heteroatoms. The molecule has 2 aromatic heterocycles. The molecule has 0 aliphatic rings. The molecule has 0 N–H and O–H groups in total. The highest BCUT2D eigenvalue weighted by Gasteiger charge is 2.19. The lowest BCUT2D eigenvalue weighted by molar-refractivity contribution is 1.30. The van der Waals surface area contributed by atoms with E-state index in [4.69, 9.17) is 0 Å². The third kappa shape index (κ3) is 5.84. The molecule has 0 saturated heterocycles. The number of hydrogen-bond donors (Lipinski definition) is 0. The normalized spacial score (nSPS) is 11.7. The van der Waals surface area contributed by atoms with Crippen LogP contribution in [-0.2, 0) is 0 Å². The lowest BCUT2D eigenvalue weighted by atomic mass is 10.0. The molecule has 10 aromatic carbocycles. The zero-order valence-electron chi connectivity index (χ0n) is 32.5. The quantitative estimate of drug-likeness (QED) is 0.158. The molecule has 0 bridgehead atoms. The number of benzene rings is 10. The highest BCUT2D eigenvalue weighted by atomic mass is 32.1. The Morgan fingerprint density at radius 1 is 0.250 bits per heavy atom. The van der Waals surface area contributed by atoms with E-state index in [-0.39, 0.29) is 0 Å². The van der Waals surface area contributed by atoms with Gasteiger partial charge in [0.2, 0.25) is 0 Å². The molecule has 282 valence electrons. The summed E-state index contributed by atoms with van der Waals surface area (Å²) in [6.07, 6.45) is 0. The fourth-order valence-corrected chi connectivity index (χ4v) is 11.1. The SMILES string of the molecule is c1ccc2c(N(c3ccc(-c4ccc(N(c5ccc6sc7ccccc7c6c5)c5cccc6ccccc56)cc4)cc3)c3ccc4sc5ccccc5c4c3)cccc2c1. The summed E-state index contributed by atoms with van der Waals surface area (Å²) in [5, 5.41) is 10.1. The Labute approximate surface area is 356 Å². The van der Waals surface area contributed by atoms with Gasteiger partial charge in [-0.2, -0.15) is 0 Å². The number of anilines is 6. The Hall–Kier alpha value is -7.24. The van der Waals surface area contributed by atoms with Gasteiger partial charge < -0.3 is 9.80 Å². The average molecular weight is 801 g/mol. The standard InChI is InChI=1S/C56H36N2S2/c1-3-15-45-39(11-1)13-9-19-51(45)57(43-31-33-55-49(35-43)47-17-5-7-21-53(47)59-55)41-27-23-37(24-28-41)38-25-29-42(30-26-38)58(52-20-10-14-40-12-2-4-16-46(40)52)44-32-34-56-50(36-44)48-18-6-8-22-54(48)60-56/h1-36H. The van der Waals surface area contributed by atoms with Gasteiger partial charge in [0.15, 0.2) is 0 Å². The van der Waals surface area contributed by atoms with Crippen molar-refractivity contribution in [1.82, 2.24) is 0 Å². The van der Waals surface area contributed by atoms with Gasteiger partial charge in [0.1, 0.15) is 0 Å². The van der Waals surface area contributed by atoms with Gasteiger partial charge in [-0.3, -0.25) is 0 Å². The Kier molecular flexibility index (Phi) is 8.25. The van der Waals surface area contributed by atoms with Crippen molar-refractivity contribution in [2.45, 2.75) is 0 Å². The molecule has 0 spiro atoms. The van der Waals surface area contributed by atoms with Crippen molar-refractivity contribution < 1.29 is 0 Å². The number of fused-ring (bicyclic) bond motifs is 8. The Morgan fingerprint density at radius 3 is 1.05 bits per heavy atom. The first-order valence-corrected chi connectivity index (χ1v) is 22.0. The molecule has 2 heterocycles. The van der Waals surface area contributed by atoms with E-state index in [1.165, 1.54) is 73.0 Å². The molecule has 0 fully saturated rings. The number of rotatable bonds is 7. The van der Waals surface area contributed by atoms with Crippen molar-refractivity contribution in [3.8, 4) is 11.1 Å². The number of nitrogens with zero attached hydrogens (tertiary/aromatic N) is 2. The van der Waals surface area contributed by atoms with Crippen LogP contribution in [0.15, 0.2) is 218 Å². The number of thiophene rings is 2. The van der Waals surface area contributed by atoms with E-state index in [2.05, 4.69) is 228 Å². The van der Waals surface area contributed by atoms with E-state index in [1.807, 2.05) is 22.7 Å². The maximum Gasteiger partial charge on any atom is 0.0540 e. The molecule has 0 aliphatic heterocycles. The van der Waals surface area contributed by atoms with Gasteiger partial charge in [0.05, 0.1) is 11.4 Å². The molecule has 0 unspecified atom stereocenters. The second-order valence-electron chi connectivity index (χ2n) is 15.3. The van der Waals surface area contributed by atoms with Crippen LogP contribution in [0.5, 0.6) is 0 Å². The van der Waals surface area contributed by atoms with E-state index >= 15 is 0 Å². The van der Waals surface area contributed by atoms with Crippen molar-refractivity contribution in [2.24, 2.45) is 0 Å². The molecular formula is C56H36N2S2. The predicted molar refractivity (Wildman–Crippen MR) is 262 cm³/mol. The van der Waals surface area contributed by atoms with Gasteiger partial charge in [-0.1, -0.05) is 133 Å². The molecular weight excluding hydrogens is 765 g/mol. The maximum atomic E-state index is 2.41. The molecule has 0 saturated carbocycles. The average Bonchev–Trinajstić information content (AvgIpc) is 3.88. The van der Waals surface area contributed by atoms with Gasteiger partial charge in [0.25, 0.3) is 0 Å². The lowest BCUT2D eigenvalue weighted by Crippen LogP contribution is -2.10. The zero-order chi connectivity index (χ0) is 39.6. The monoisotopic (exact) mass is 800 g/mol. The van der Waals surface area contributed by atoms with Crippen molar-refractivity contribution in [3.63, 3.8) is 0 Å². The van der Waals surface area contributed by atoms with Crippen LogP contribution >= 0.6 is 22.7 Å². The fourth-order valence-electron chi connectivity index (χ4n) is 8.97. The lowest BCUT2D eigenvalue weighted by Gasteiger charge is -2.27. The van der Waals surface area contributed by atoms with Gasteiger partial charge in [-0.15, -0.1) is 22.7 Å². The van der Waals surface area contributed by atoms with Crippen LogP contribution in [0, 0.1) is 0 Å². The second-order valence-corrected chi connectivity index (χ2v) is 17.5. The Bertz CT molecular complexity index is 3310. The van der Waals surface area contributed by atoms with E-state index in [0.717, 1.165) is 34.1 Å². The first-order valence-electron chi connectivity index (χ1n) is 20.3. The molecule has 60 heavy (non-hydrogen) atoms. The minimum Gasteiger partial charge on any atom is -0.310 e. The first-order chi connectivity index (χ1) is 29.7. The first kappa shape index (κ1) is 34.8. The van der Waals surface area contributed by atoms with Crippen LogP contribution in [0.3, 0.4) is 0 Å². The molecule has 12 aromatic rings. The largest absolute Gasteiger partial charge is 0.310 e. The van der Waals surface area contributed by atoms with Crippen LogP contribution in [0.2, 0.25) is 0 Å². The molecule has 2 nitrogen and oxygen atoms in total. The molecule has 0 amide bonds. The molecule has 0 radical (unpaired) electrons. The van der Waals surface area contributed by atoms with Crippen molar-refractivity contribution >= 4 is 119 Å². The second kappa shape index (κ2) is 14.2. The van der Waals surface area contributed by atoms with E-state index < -0.39 is 0 Å². The van der Waals surface area contributed by atoms with Crippen molar-refractivity contribution in [1.29, 1.82) is 0 Å².